The van der Waals surface area contributed by atoms with Crippen LogP contribution < -0.4 is 0 Å². The first-order valence-electron chi connectivity index (χ1n) is 5.83. The van der Waals surface area contributed by atoms with Crippen LogP contribution in [0.3, 0.4) is 0 Å². The number of alkyl halides is 1. The monoisotopic (exact) mass is 282 g/mol. The van der Waals surface area contributed by atoms with E-state index in [4.69, 9.17) is 4.74 Å². The highest BCUT2D eigenvalue weighted by Crippen LogP contribution is 2.33. The number of hydrogen-bond acceptors (Lipinski definition) is 1. The summed E-state index contributed by atoms with van der Waals surface area (Å²) in [7, 11) is 0. The van der Waals surface area contributed by atoms with Crippen molar-refractivity contribution in [2.24, 2.45) is 0 Å². The van der Waals surface area contributed by atoms with E-state index in [1.807, 2.05) is 0 Å². The molecule has 0 spiro atoms. The lowest BCUT2D eigenvalue weighted by Crippen LogP contribution is -2.12. The smallest absolute Gasteiger partial charge is 0.0632 e. The molecule has 1 aliphatic heterocycles. The Hall–Kier alpha value is -0.340. The minimum atomic E-state index is 0.217. The third-order valence-corrected chi connectivity index (χ3v) is 3.89. The second-order valence-electron chi connectivity index (χ2n) is 5.46. The fraction of sp³-hybridized carbons (Fsp3) is 0.571. The largest absolute Gasteiger partial charge is 0.380 e. The molecule has 1 aliphatic rings. The van der Waals surface area contributed by atoms with Gasteiger partial charge in [-0.15, -0.1) is 0 Å². The summed E-state index contributed by atoms with van der Waals surface area (Å²) in [6, 6.07) is 6.85. The van der Waals surface area contributed by atoms with Crippen LogP contribution in [0.4, 0.5) is 0 Å². The molecule has 1 unspecified atom stereocenters. The normalized spacial score (nSPS) is 21.4. The molecule has 1 heterocycles. The summed E-state index contributed by atoms with van der Waals surface area (Å²) in [5.41, 5.74) is 4.45. The first-order chi connectivity index (χ1) is 7.48. The Kier molecular flexibility index (Phi) is 3.41. The standard InChI is InChI=1S/C14H19BrO/c1-14(2,3)11-5-4-10-6-7-16-9-13(15)12(10)8-11/h4-5,8,13H,6-7,9H2,1-3H3. The maximum absolute atomic E-state index is 5.57. The Morgan fingerprint density at radius 1 is 1.31 bits per heavy atom. The third-order valence-electron chi connectivity index (χ3n) is 3.13. The van der Waals surface area contributed by atoms with Crippen molar-refractivity contribution in [3.8, 4) is 0 Å². The molecule has 2 rings (SSSR count). The molecule has 0 fully saturated rings. The second kappa shape index (κ2) is 4.50. The van der Waals surface area contributed by atoms with E-state index in [2.05, 4.69) is 54.9 Å². The number of fused-ring (bicyclic) bond motifs is 1. The van der Waals surface area contributed by atoms with Gasteiger partial charge in [0, 0.05) is 0 Å². The Balaban J connectivity index is 2.43. The summed E-state index contributed by atoms with van der Waals surface area (Å²) < 4.78 is 5.57. The molecule has 0 bridgehead atoms. The molecule has 0 saturated carbocycles. The predicted molar refractivity (Wildman–Crippen MR) is 71.3 cm³/mol. The van der Waals surface area contributed by atoms with Gasteiger partial charge in [0.2, 0.25) is 0 Å². The van der Waals surface area contributed by atoms with Crippen LogP contribution in [0.1, 0.15) is 42.3 Å². The first kappa shape index (κ1) is 12.1. The molecule has 0 N–H and O–H groups in total. The van der Waals surface area contributed by atoms with Crippen LogP contribution >= 0.6 is 15.9 Å². The molecule has 1 atom stereocenters. The Morgan fingerprint density at radius 2 is 2.06 bits per heavy atom. The second-order valence-corrected chi connectivity index (χ2v) is 6.56. The summed E-state index contributed by atoms with van der Waals surface area (Å²) >= 11 is 3.71. The van der Waals surface area contributed by atoms with E-state index in [0.29, 0.717) is 4.83 Å². The molecular weight excluding hydrogens is 264 g/mol. The topological polar surface area (TPSA) is 9.23 Å². The van der Waals surface area contributed by atoms with Gasteiger partial charge in [0.25, 0.3) is 0 Å². The van der Waals surface area contributed by atoms with Crippen molar-refractivity contribution < 1.29 is 4.74 Å². The number of hydrogen-bond donors (Lipinski definition) is 0. The zero-order valence-corrected chi connectivity index (χ0v) is 11.8. The van der Waals surface area contributed by atoms with Crippen LogP contribution in [0, 0.1) is 0 Å². The molecule has 1 aromatic carbocycles. The summed E-state index contributed by atoms with van der Waals surface area (Å²) in [6.07, 6.45) is 1.03. The van der Waals surface area contributed by atoms with Gasteiger partial charge < -0.3 is 4.74 Å². The van der Waals surface area contributed by atoms with Crippen molar-refractivity contribution in [3.05, 3.63) is 34.9 Å². The molecule has 0 saturated heterocycles. The molecule has 88 valence electrons. The highest BCUT2D eigenvalue weighted by molar-refractivity contribution is 9.09. The van der Waals surface area contributed by atoms with E-state index in [-0.39, 0.29) is 5.41 Å². The van der Waals surface area contributed by atoms with E-state index in [0.717, 1.165) is 19.6 Å². The molecular formula is C14H19BrO. The minimum absolute atomic E-state index is 0.217. The quantitative estimate of drug-likeness (QED) is 0.654. The van der Waals surface area contributed by atoms with Gasteiger partial charge in [-0.3, -0.25) is 0 Å². The summed E-state index contributed by atoms with van der Waals surface area (Å²) in [6.45, 7) is 8.38. The lowest BCUT2D eigenvalue weighted by Gasteiger charge is -2.22. The van der Waals surface area contributed by atoms with Gasteiger partial charge in [-0.2, -0.15) is 0 Å². The number of benzene rings is 1. The highest BCUT2D eigenvalue weighted by Gasteiger charge is 2.20. The van der Waals surface area contributed by atoms with Crippen LogP contribution in [0.2, 0.25) is 0 Å². The predicted octanol–water partition coefficient (Wildman–Crippen LogP) is 3.99. The maximum atomic E-state index is 5.57. The van der Waals surface area contributed by atoms with Crippen LogP contribution in [0.5, 0.6) is 0 Å². The van der Waals surface area contributed by atoms with Crippen molar-refractivity contribution in [1.82, 2.24) is 0 Å². The molecule has 1 nitrogen and oxygen atoms in total. The molecule has 0 amide bonds. The zero-order chi connectivity index (χ0) is 11.8. The van der Waals surface area contributed by atoms with Crippen molar-refractivity contribution in [3.63, 3.8) is 0 Å². The molecule has 0 radical (unpaired) electrons. The van der Waals surface area contributed by atoms with Gasteiger partial charge in [0.05, 0.1) is 18.0 Å². The van der Waals surface area contributed by atoms with Gasteiger partial charge >= 0.3 is 0 Å². The van der Waals surface area contributed by atoms with Gasteiger partial charge in [-0.1, -0.05) is 54.9 Å². The third kappa shape index (κ3) is 2.49. The maximum Gasteiger partial charge on any atom is 0.0632 e. The molecule has 2 heteroatoms. The fourth-order valence-corrected chi connectivity index (χ4v) is 2.65. The van der Waals surface area contributed by atoms with Crippen LogP contribution in [-0.2, 0) is 16.6 Å². The van der Waals surface area contributed by atoms with Crippen LogP contribution in [0.15, 0.2) is 18.2 Å². The number of rotatable bonds is 0. The Labute approximate surface area is 106 Å². The van der Waals surface area contributed by atoms with Gasteiger partial charge in [-0.25, -0.2) is 0 Å². The summed E-state index contributed by atoms with van der Waals surface area (Å²) in [4.78, 5) is 0.340. The lowest BCUT2D eigenvalue weighted by atomic mass is 9.84. The number of ether oxygens (including phenoxy) is 1. The van der Waals surface area contributed by atoms with E-state index in [1.165, 1.54) is 16.7 Å². The highest BCUT2D eigenvalue weighted by atomic mass is 79.9. The summed E-state index contributed by atoms with van der Waals surface area (Å²) in [5.74, 6) is 0. The van der Waals surface area contributed by atoms with Crippen molar-refractivity contribution in [2.45, 2.75) is 37.4 Å². The molecule has 16 heavy (non-hydrogen) atoms. The van der Waals surface area contributed by atoms with Crippen molar-refractivity contribution >= 4 is 15.9 Å². The minimum Gasteiger partial charge on any atom is -0.380 e. The lowest BCUT2D eigenvalue weighted by molar-refractivity contribution is 0.146. The van der Waals surface area contributed by atoms with Crippen LogP contribution in [-0.4, -0.2) is 13.2 Å². The first-order valence-corrected chi connectivity index (χ1v) is 6.75. The molecule has 1 aromatic rings. The van der Waals surface area contributed by atoms with Crippen molar-refractivity contribution in [1.29, 1.82) is 0 Å². The van der Waals surface area contributed by atoms with Crippen molar-refractivity contribution in [2.75, 3.05) is 13.2 Å². The fourth-order valence-electron chi connectivity index (χ4n) is 2.04. The van der Waals surface area contributed by atoms with E-state index < -0.39 is 0 Å². The van der Waals surface area contributed by atoms with Gasteiger partial charge in [0.1, 0.15) is 0 Å². The molecule has 0 aromatic heterocycles. The average molecular weight is 283 g/mol. The van der Waals surface area contributed by atoms with E-state index >= 15 is 0 Å². The van der Waals surface area contributed by atoms with E-state index in [9.17, 15) is 0 Å². The Bertz CT molecular complexity index is 379. The Morgan fingerprint density at radius 3 is 2.75 bits per heavy atom. The van der Waals surface area contributed by atoms with E-state index in [1.54, 1.807) is 0 Å². The average Bonchev–Trinajstić information content (AvgIpc) is 2.39. The van der Waals surface area contributed by atoms with Gasteiger partial charge in [-0.05, 0) is 28.5 Å². The SMILES string of the molecule is CC(C)(C)c1ccc2c(c1)C(Br)COCC2. The molecule has 0 aliphatic carbocycles. The van der Waals surface area contributed by atoms with Crippen LogP contribution in [0.25, 0.3) is 0 Å². The number of halogens is 1. The summed E-state index contributed by atoms with van der Waals surface area (Å²) in [5, 5.41) is 0. The van der Waals surface area contributed by atoms with Gasteiger partial charge in [0.15, 0.2) is 0 Å². The zero-order valence-electron chi connectivity index (χ0n) is 10.2.